The molecule has 0 bridgehead atoms. The maximum atomic E-state index is 12.3. The molecule has 6 heteroatoms. The summed E-state index contributed by atoms with van der Waals surface area (Å²) < 4.78 is 6.71. The maximum Gasteiger partial charge on any atom is 0.272 e. The van der Waals surface area contributed by atoms with Crippen molar-refractivity contribution >= 4 is 21.8 Å². The molecule has 1 amide bonds. The second kappa shape index (κ2) is 6.22. The molecule has 1 aliphatic rings. The van der Waals surface area contributed by atoms with Gasteiger partial charge in [-0.05, 0) is 34.1 Å². The first kappa shape index (κ1) is 14.0. The number of hydrogen-bond donors (Lipinski definition) is 0. The highest BCUT2D eigenvalue weighted by Crippen LogP contribution is 2.19. The molecule has 3 rings (SSSR count). The molecule has 108 valence electrons. The zero-order valence-corrected chi connectivity index (χ0v) is 12.9. The van der Waals surface area contributed by atoms with Crippen LogP contribution in [0.4, 0.5) is 0 Å². The van der Waals surface area contributed by atoms with Crippen LogP contribution in [0.15, 0.2) is 47.2 Å². The lowest BCUT2D eigenvalue weighted by atomic mass is 10.3. The van der Waals surface area contributed by atoms with E-state index in [9.17, 15) is 4.79 Å². The van der Waals surface area contributed by atoms with Crippen LogP contribution in [0, 0.1) is 0 Å². The first-order valence-corrected chi connectivity index (χ1v) is 7.50. The second-order valence-electron chi connectivity index (χ2n) is 4.81. The molecular formula is C15H14BrN3O2. The minimum Gasteiger partial charge on any atom is -0.472 e. The number of hydrogen-bond acceptors (Lipinski definition) is 4. The third kappa shape index (κ3) is 3.39. The average Bonchev–Trinajstić information content (AvgIpc) is 2.98. The van der Waals surface area contributed by atoms with E-state index in [0.717, 1.165) is 10.9 Å². The summed E-state index contributed by atoms with van der Waals surface area (Å²) in [5.74, 6) is 0.529. The molecule has 5 nitrogen and oxygen atoms in total. The smallest absolute Gasteiger partial charge is 0.272 e. The fourth-order valence-corrected chi connectivity index (χ4v) is 2.50. The summed E-state index contributed by atoms with van der Waals surface area (Å²) in [5, 5.41) is 0. The van der Waals surface area contributed by atoms with E-state index in [4.69, 9.17) is 4.74 Å². The van der Waals surface area contributed by atoms with Gasteiger partial charge < -0.3 is 9.64 Å². The van der Waals surface area contributed by atoms with Crippen LogP contribution in [0.3, 0.4) is 0 Å². The van der Waals surface area contributed by atoms with Crippen LogP contribution in [-0.4, -0.2) is 40.0 Å². The monoisotopic (exact) mass is 347 g/mol. The number of pyridine rings is 2. The van der Waals surface area contributed by atoms with Crippen molar-refractivity contribution in [3.63, 3.8) is 0 Å². The van der Waals surface area contributed by atoms with Crippen molar-refractivity contribution in [3.8, 4) is 5.88 Å². The normalized spacial score (nSPS) is 17.8. The summed E-state index contributed by atoms with van der Waals surface area (Å²) in [6, 6.07) is 9.04. The van der Waals surface area contributed by atoms with Gasteiger partial charge in [-0.15, -0.1) is 0 Å². The molecule has 3 heterocycles. The van der Waals surface area contributed by atoms with Crippen molar-refractivity contribution in [2.24, 2.45) is 0 Å². The molecule has 1 aliphatic heterocycles. The van der Waals surface area contributed by atoms with Gasteiger partial charge in [-0.2, -0.15) is 0 Å². The van der Waals surface area contributed by atoms with E-state index in [2.05, 4.69) is 25.9 Å². The first-order valence-electron chi connectivity index (χ1n) is 6.71. The molecule has 1 saturated heterocycles. The van der Waals surface area contributed by atoms with E-state index in [-0.39, 0.29) is 12.0 Å². The highest BCUT2D eigenvalue weighted by molar-refractivity contribution is 9.10. The number of nitrogens with zero attached hydrogens (tertiary/aromatic N) is 3. The Balaban J connectivity index is 1.60. The Kier molecular flexibility index (Phi) is 4.15. The predicted octanol–water partition coefficient (Wildman–Crippen LogP) is 2.53. The molecule has 21 heavy (non-hydrogen) atoms. The van der Waals surface area contributed by atoms with Crippen molar-refractivity contribution in [2.75, 3.05) is 13.1 Å². The summed E-state index contributed by atoms with van der Waals surface area (Å²) in [6.07, 6.45) is 4.10. The van der Waals surface area contributed by atoms with Gasteiger partial charge in [-0.3, -0.25) is 9.78 Å². The fourth-order valence-electron chi connectivity index (χ4n) is 2.26. The average molecular weight is 348 g/mol. The fraction of sp³-hybridized carbons (Fsp3) is 0.267. The molecule has 0 aliphatic carbocycles. The largest absolute Gasteiger partial charge is 0.472 e. The van der Waals surface area contributed by atoms with Crippen molar-refractivity contribution in [1.29, 1.82) is 0 Å². The van der Waals surface area contributed by atoms with E-state index in [1.54, 1.807) is 29.4 Å². The van der Waals surface area contributed by atoms with E-state index in [1.807, 2.05) is 18.2 Å². The van der Waals surface area contributed by atoms with E-state index < -0.39 is 0 Å². The number of carbonyl (C=O) groups is 1. The van der Waals surface area contributed by atoms with Crippen LogP contribution >= 0.6 is 15.9 Å². The summed E-state index contributed by atoms with van der Waals surface area (Å²) >= 11 is 3.33. The molecule has 1 atom stereocenters. The number of carbonyl (C=O) groups excluding carboxylic acids is 1. The van der Waals surface area contributed by atoms with Gasteiger partial charge in [0.05, 0.1) is 6.54 Å². The molecule has 2 aromatic heterocycles. The van der Waals surface area contributed by atoms with Crippen LogP contribution in [0.5, 0.6) is 5.88 Å². The van der Waals surface area contributed by atoms with E-state index in [1.165, 1.54) is 0 Å². The summed E-state index contributed by atoms with van der Waals surface area (Å²) in [4.78, 5) is 22.3. The highest BCUT2D eigenvalue weighted by atomic mass is 79.9. The zero-order valence-electron chi connectivity index (χ0n) is 11.3. The van der Waals surface area contributed by atoms with Gasteiger partial charge >= 0.3 is 0 Å². The van der Waals surface area contributed by atoms with Gasteiger partial charge in [0, 0.05) is 35.9 Å². The molecular weight excluding hydrogens is 334 g/mol. The van der Waals surface area contributed by atoms with Crippen LogP contribution in [-0.2, 0) is 0 Å². The molecule has 0 aromatic carbocycles. The van der Waals surface area contributed by atoms with E-state index >= 15 is 0 Å². The number of rotatable bonds is 3. The van der Waals surface area contributed by atoms with Crippen molar-refractivity contribution in [3.05, 3.63) is 52.9 Å². The SMILES string of the molecule is O=C(c1ccccn1)N1CCC(Oc2ccc(Br)cn2)C1. The Morgan fingerprint density at radius 3 is 2.90 bits per heavy atom. The van der Waals surface area contributed by atoms with Gasteiger partial charge in [0.2, 0.25) is 5.88 Å². The quantitative estimate of drug-likeness (QED) is 0.855. The predicted molar refractivity (Wildman–Crippen MR) is 81.1 cm³/mol. The lowest BCUT2D eigenvalue weighted by Crippen LogP contribution is -2.31. The van der Waals surface area contributed by atoms with Crippen LogP contribution in [0.1, 0.15) is 16.9 Å². The van der Waals surface area contributed by atoms with Crippen LogP contribution in [0.2, 0.25) is 0 Å². The highest BCUT2D eigenvalue weighted by Gasteiger charge is 2.28. The first-order chi connectivity index (χ1) is 10.2. The molecule has 2 aromatic rings. The van der Waals surface area contributed by atoms with Crippen LogP contribution in [0.25, 0.3) is 0 Å². The molecule has 1 unspecified atom stereocenters. The second-order valence-corrected chi connectivity index (χ2v) is 5.73. The Bertz CT molecular complexity index is 619. The zero-order chi connectivity index (χ0) is 14.7. The lowest BCUT2D eigenvalue weighted by molar-refractivity contribution is 0.0765. The Morgan fingerprint density at radius 1 is 1.29 bits per heavy atom. The van der Waals surface area contributed by atoms with Gasteiger partial charge in [0.25, 0.3) is 5.91 Å². The van der Waals surface area contributed by atoms with Gasteiger partial charge in [-0.25, -0.2) is 4.98 Å². The summed E-state index contributed by atoms with van der Waals surface area (Å²) in [5.41, 5.74) is 0.472. The summed E-state index contributed by atoms with van der Waals surface area (Å²) in [6.45, 7) is 1.24. The van der Waals surface area contributed by atoms with Crippen molar-refractivity contribution in [1.82, 2.24) is 14.9 Å². The Morgan fingerprint density at radius 2 is 2.19 bits per heavy atom. The third-order valence-electron chi connectivity index (χ3n) is 3.30. The standard InChI is InChI=1S/C15H14BrN3O2/c16-11-4-5-14(18-9-11)21-12-6-8-19(10-12)15(20)13-3-1-2-7-17-13/h1-5,7,9,12H,6,8,10H2. The number of amides is 1. The molecule has 0 N–H and O–H groups in total. The maximum absolute atomic E-state index is 12.3. The third-order valence-corrected chi connectivity index (χ3v) is 3.77. The Labute approximate surface area is 131 Å². The minimum absolute atomic E-state index is 0.0219. The van der Waals surface area contributed by atoms with E-state index in [0.29, 0.717) is 24.7 Å². The number of halogens is 1. The minimum atomic E-state index is -0.0505. The lowest BCUT2D eigenvalue weighted by Gasteiger charge is -2.16. The number of ether oxygens (including phenoxy) is 1. The molecule has 0 radical (unpaired) electrons. The van der Waals surface area contributed by atoms with Gasteiger partial charge in [-0.1, -0.05) is 6.07 Å². The van der Waals surface area contributed by atoms with Gasteiger partial charge in [0.15, 0.2) is 0 Å². The number of likely N-dealkylation sites (tertiary alicyclic amines) is 1. The van der Waals surface area contributed by atoms with Crippen molar-refractivity contribution < 1.29 is 9.53 Å². The van der Waals surface area contributed by atoms with Crippen LogP contribution < -0.4 is 4.74 Å². The summed E-state index contributed by atoms with van der Waals surface area (Å²) in [7, 11) is 0. The molecule has 0 saturated carbocycles. The van der Waals surface area contributed by atoms with Crippen molar-refractivity contribution in [2.45, 2.75) is 12.5 Å². The topological polar surface area (TPSA) is 55.3 Å². The Hall–Kier alpha value is -1.95. The number of aromatic nitrogens is 2. The molecule has 0 spiro atoms. The van der Waals surface area contributed by atoms with Gasteiger partial charge in [0.1, 0.15) is 11.8 Å². The molecule has 1 fully saturated rings.